The number of benzene rings is 2. The van der Waals surface area contributed by atoms with E-state index < -0.39 is 0 Å². The van der Waals surface area contributed by atoms with Crippen molar-refractivity contribution in [2.24, 2.45) is 0 Å². The molecule has 2 rings (SSSR count). The summed E-state index contributed by atoms with van der Waals surface area (Å²) in [5.74, 6) is 0. The van der Waals surface area contributed by atoms with Gasteiger partial charge < -0.3 is 5.32 Å². The third kappa shape index (κ3) is 4.28. The molecule has 106 valence electrons. The van der Waals surface area contributed by atoms with E-state index in [1.807, 2.05) is 18.2 Å². The van der Waals surface area contributed by atoms with Crippen LogP contribution >= 0.6 is 11.6 Å². The number of rotatable bonds is 6. The Kier molecular flexibility index (Phi) is 5.49. The van der Waals surface area contributed by atoms with Gasteiger partial charge in [0.2, 0.25) is 0 Å². The van der Waals surface area contributed by atoms with E-state index in [0.29, 0.717) is 0 Å². The third-order valence-corrected chi connectivity index (χ3v) is 3.74. The van der Waals surface area contributed by atoms with Crippen LogP contribution in [0.2, 0.25) is 5.02 Å². The van der Waals surface area contributed by atoms with Crippen LogP contribution in [0.4, 0.5) is 5.69 Å². The van der Waals surface area contributed by atoms with Crippen molar-refractivity contribution in [3.05, 3.63) is 64.7 Å². The second kappa shape index (κ2) is 7.35. The Labute approximate surface area is 127 Å². The summed E-state index contributed by atoms with van der Waals surface area (Å²) < 4.78 is 0. The minimum absolute atomic E-state index is 0.246. The van der Waals surface area contributed by atoms with E-state index in [1.165, 1.54) is 30.4 Å². The monoisotopic (exact) mass is 287 g/mol. The minimum atomic E-state index is 0.246. The zero-order valence-electron chi connectivity index (χ0n) is 12.2. The second-order valence-corrected chi connectivity index (χ2v) is 5.66. The summed E-state index contributed by atoms with van der Waals surface area (Å²) in [6.07, 6.45) is 3.66. The lowest BCUT2D eigenvalue weighted by Gasteiger charge is -2.16. The highest BCUT2D eigenvalue weighted by Crippen LogP contribution is 2.22. The quantitative estimate of drug-likeness (QED) is 0.702. The molecule has 2 heteroatoms. The molecule has 0 saturated carbocycles. The molecule has 2 aromatic rings. The molecule has 0 spiro atoms. The van der Waals surface area contributed by atoms with Crippen molar-refractivity contribution in [2.75, 3.05) is 5.32 Å². The molecular formula is C18H22ClN. The van der Waals surface area contributed by atoms with Gasteiger partial charge >= 0.3 is 0 Å². The van der Waals surface area contributed by atoms with Gasteiger partial charge in [0.15, 0.2) is 0 Å². The molecule has 1 nitrogen and oxygen atoms in total. The summed E-state index contributed by atoms with van der Waals surface area (Å²) in [4.78, 5) is 0. The van der Waals surface area contributed by atoms with Crippen molar-refractivity contribution in [1.82, 2.24) is 0 Å². The van der Waals surface area contributed by atoms with Crippen LogP contribution in [0.1, 0.15) is 43.9 Å². The van der Waals surface area contributed by atoms with Gasteiger partial charge in [0.25, 0.3) is 0 Å². The molecule has 0 aromatic heterocycles. The van der Waals surface area contributed by atoms with E-state index in [1.54, 1.807) is 0 Å². The van der Waals surface area contributed by atoms with E-state index in [-0.39, 0.29) is 6.04 Å². The molecule has 2 aromatic carbocycles. The molecule has 1 atom stereocenters. The van der Waals surface area contributed by atoms with Crippen molar-refractivity contribution >= 4 is 17.3 Å². The molecule has 1 N–H and O–H groups in total. The van der Waals surface area contributed by atoms with Crippen LogP contribution in [0.3, 0.4) is 0 Å². The first kappa shape index (κ1) is 14.9. The first-order valence-corrected chi connectivity index (χ1v) is 7.68. The van der Waals surface area contributed by atoms with Gasteiger partial charge in [-0.05, 0) is 55.2 Å². The van der Waals surface area contributed by atoms with Gasteiger partial charge in [0.05, 0.1) is 0 Å². The zero-order valence-corrected chi connectivity index (χ0v) is 13.0. The van der Waals surface area contributed by atoms with Gasteiger partial charge in [0.1, 0.15) is 0 Å². The highest BCUT2D eigenvalue weighted by molar-refractivity contribution is 6.30. The van der Waals surface area contributed by atoms with E-state index in [0.717, 1.165) is 10.7 Å². The molecule has 1 unspecified atom stereocenters. The first-order chi connectivity index (χ1) is 9.69. The number of nitrogens with one attached hydrogen (secondary N) is 1. The average molecular weight is 288 g/mol. The zero-order chi connectivity index (χ0) is 14.4. The Morgan fingerprint density at radius 2 is 1.85 bits per heavy atom. The molecule has 0 bridgehead atoms. The van der Waals surface area contributed by atoms with Crippen molar-refractivity contribution < 1.29 is 0 Å². The maximum atomic E-state index is 6.03. The highest BCUT2D eigenvalue weighted by Gasteiger charge is 2.05. The van der Waals surface area contributed by atoms with Crippen molar-refractivity contribution in [3.63, 3.8) is 0 Å². The Morgan fingerprint density at radius 3 is 2.50 bits per heavy atom. The summed E-state index contributed by atoms with van der Waals surface area (Å²) in [6.45, 7) is 4.37. The van der Waals surface area contributed by atoms with E-state index in [9.17, 15) is 0 Å². The number of anilines is 1. The van der Waals surface area contributed by atoms with Crippen LogP contribution in [-0.4, -0.2) is 0 Å². The normalized spacial score (nSPS) is 12.2. The van der Waals surface area contributed by atoms with E-state index in [4.69, 9.17) is 11.6 Å². The molecule has 0 saturated heterocycles. The van der Waals surface area contributed by atoms with Crippen molar-refractivity contribution in [3.8, 4) is 0 Å². The predicted molar refractivity (Wildman–Crippen MR) is 88.5 cm³/mol. The first-order valence-electron chi connectivity index (χ1n) is 7.30. The number of hydrogen-bond donors (Lipinski definition) is 1. The van der Waals surface area contributed by atoms with Crippen LogP contribution < -0.4 is 5.32 Å². The van der Waals surface area contributed by atoms with Gasteiger partial charge in [-0.2, -0.15) is 0 Å². The van der Waals surface area contributed by atoms with E-state index in [2.05, 4.69) is 49.5 Å². The summed E-state index contributed by atoms with van der Waals surface area (Å²) in [7, 11) is 0. The third-order valence-electron chi connectivity index (χ3n) is 3.50. The lowest BCUT2D eigenvalue weighted by Crippen LogP contribution is -2.06. The molecule has 0 fully saturated rings. The SMILES string of the molecule is CCCCc1ccc(NC(C)c2cccc(Cl)c2)cc1. The fourth-order valence-corrected chi connectivity index (χ4v) is 2.46. The Morgan fingerprint density at radius 1 is 1.10 bits per heavy atom. The smallest absolute Gasteiger partial charge is 0.0486 e. The van der Waals surface area contributed by atoms with Crippen LogP contribution in [0.25, 0.3) is 0 Å². The highest BCUT2D eigenvalue weighted by atomic mass is 35.5. The maximum Gasteiger partial charge on any atom is 0.0486 e. The standard InChI is InChI=1S/C18H22ClN/c1-3-4-6-15-9-11-18(12-10-15)20-14(2)16-7-5-8-17(19)13-16/h5,7-14,20H,3-4,6H2,1-2H3. The number of hydrogen-bond acceptors (Lipinski definition) is 1. The number of aryl methyl sites for hydroxylation is 1. The van der Waals surface area contributed by atoms with Gasteiger partial charge in [-0.25, -0.2) is 0 Å². The molecule has 0 aliphatic carbocycles. The summed E-state index contributed by atoms with van der Waals surface area (Å²) >= 11 is 6.03. The van der Waals surface area contributed by atoms with Crippen molar-refractivity contribution in [1.29, 1.82) is 0 Å². The summed E-state index contributed by atoms with van der Waals surface area (Å²) in [6, 6.07) is 17.0. The molecule has 0 aliphatic rings. The molecular weight excluding hydrogens is 266 g/mol. The van der Waals surface area contributed by atoms with Crippen LogP contribution in [0, 0.1) is 0 Å². The largest absolute Gasteiger partial charge is 0.379 e. The molecule has 0 radical (unpaired) electrons. The van der Waals surface area contributed by atoms with E-state index >= 15 is 0 Å². The number of unbranched alkanes of at least 4 members (excludes halogenated alkanes) is 1. The molecule has 20 heavy (non-hydrogen) atoms. The molecule has 0 heterocycles. The van der Waals surface area contributed by atoms with Crippen LogP contribution in [-0.2, 0) is 6.42 Å². The second-order valence-electron chi connectivity index (χ2n) is 5.22. The van der Waals surface area contributed by atoms with Gasteiger partial charge in [-0.3, -0.25) is 0 Å². The summed E-state index contributed by atoms with van der Waals surface area (Å²) in [5.41, 5.74) is 3.76. The Hall–Kier alpha value is -1.47. The Bertz CT molecular complexity index is 533. The van der Waals surface area contributed by atoms with Gasteiger partial charge in [0, 0.05) is 16.8 Å². The molecule has 0 aliphatic heterocycles. The van der Waals surface area contributed by atoms with Crippen LogP contribution in [0.15, 0.2) is 48.5 Å². The van der Waals surface area contributed by atoms with Gasteiger partial charge in [-0.15, -0.1) is 0 Å². The lowest BCUT2D eigenvalue weighted by atomic mass is 10.1. The number of halogens is 1. The fourth-order valence-electron chi connectivity index (χ4n) is 2.26. The van der Waals surface area contributed by atoms with Crippen molar-refractivity contribution in [2.45, 2.75) is 39.2 Å². The topological polar surface area (TPSA) is 12.0 Å². The van der Waals surface area contributed by atoms with Gasteiger partial charge in [-0.1, -0.05) is 49.2 Å². The Balaban J connectivity index is 1.99. The lowest BCUT2D eigenvalue weighted by molar-refractivity contribution is 0.795. The predicted octanol–water partition coefficient (Wildman–Crippen LogP) is 5.86. The minimum Gasteiger partial charge on any atom is -0.379 e. The van der Waals surface area contributed by atoms with Crippen LogP contribution in [0.5, 0.6) is 0 Å². The average Bonchev–Trinajstić information content (AvgIpc) is 2.46. The maximum absolute atomic E-state index is 6.03. The molecule has 0 amide bonds. The summed E-state index contributed by atoms with van der Waals surface area (Å²) in [5, 5.41) is 4.29. The fraction of sp³-hybridized carbons (Fsp3) is 0.333.